The minimum atomic E-state index is 0.797. The Labute approximate surface area is 123 Å². The van der Waals surface area contributed by atoms with Gasteiger partial charge in [0.15, 0.2) is 0 Å². The Hall–Kier alpha value is -1.13. The summed E-state index contributed by atoms with van der Waals surface area (Å²) in [5, 5.41) is 3.21. The molecule has 0 aromatic carbocycles. The molecule has 2 heterocycles. The van der Waals surface area contributed by atoms with Crippen molar-refractivity contribution in [1.29, 1.82) is 0 Å². The smallest absolute Gasteiger partial charge is 0.128 e. The highest BCUT2D eigenvalue weighted by Gasteiger charge is 2.18. The molecule has 1 aromatic heterocycles. The van der Waals surface area contributed by atoms with Crippen LogP contribution in [0.15, 0.2) is 12.1 Å². The number of nitrogens with one attached hydrogen (secondary N) is 1. The van der Waals surface area contributed by atoms with E-state index in [0.717, 1.165) is 30.5 Å². The van der Waals surface area contributed by atoms with Crippen molar-refractivity contribution in [2.24, 2.45) is 5.92 Å². The average molecular weight is 276 g/mol. The lowest BCUT2D eigenvalue weighted by Gasteiger charge is -2.32. The molecular formula is C16H28N4. The first-order valence-electron chi connectivity index (χ1n) is 7.60. The fraction of sp³-hybridized carbons (Fsp3) is 0.688. The highest BCUT2D eigenvalue weighted by Crippen LogP contribution is 2.20. The van der Waals surface area contributed by atoms with Crippen LogP contribution in [-0.2, 0) is 6.54 Å². The molecule has 112 valence electrons. The van der Waals surface area contributed by atoms with Crippen molar-refractivity contribution in [2.75, 3.05) is 45.7 Å². The summed E-state index contributed by atoms with van der Waals surface area (Å²) in [6.45, 7) is 6.54. The number of rotatable bonds is 5. The third kappa shape index (κ3) is 4.18. The van der Waals surface area contributed by atoms with Crippen LogP contribution in [0.4, 0.5) is 5.82 Å². The van der Waals surface area contributed by atoms with E-state index in [4.69, 9.17) is 0 Å². The number of aromatic nitrogens is 1. The van der Waals surface area contributed by atoms with Gasteiger partial charge >= 0.3 is 0 Å². The van der Waals surface area contributed by atoms with Gasteiger partial charge in [-0.3, -0.25) is 0 Å². The van der Waals surface area contributed by atoms with Crippen molar-refractivity contribution in [2.45, 2.75) is 26.3 Å². The zero-order chi connectivity index (χ0) is 14.5. The minimum absolute atomic E-state index is 0.797. The van der Waals surface area contributed by atoms with Crippen LogP contribution in [0.5, 0.6) is 0 Å². The zero-order valence-corrected chi connectivity index (χ0v) is 13.3. The van der Waals surface area contributed by atoms with Crippen LogP contribution in [0.3, 0.4) is 0 Å². The van der Waals surface area contributed by atoms with Gasteiger partial charge < -0.3 is 15.1 Å². The normalized spacial score (nSPS) is 17.4. The molecule has 0 aliphatic carbocycles. The first-order valence-corrected chi connectivity index (χ1v) is 7.60. The molecule has 0 radical (unpaired) electrons. The topological polar surface area (TPSA) is 31.4 Å². The fourth-order valence-electron chi connectivity index (χ4n) is 2.95. The van der Waals surface area contributed by atoms with Gasteiger partial charge in [-0.05, 0) is 70.6 Å². The first kappa shape index (κ1) is 15.3. The molecule has 1 fully saturated rings. The molecule has 0 unspecified atom stereocenters. The average Bonchev–Trinajstić information content (AvgIpc) is 2.41. The van der Waals surface area contributed by atoms with Gasteiger partial charge in [-0.25, -0.2) is 4.98 Å². The Morgan fingerprint density at radius 3 is 2.70 bits per heavy atom. The molecule has 20 heavy (non-hydrogen) atoms. The second-order valence-corrected chi connectivity index (χ2v) is 6.13. The number of anilines is 1. The van der Waals surface area contributed by atoms with Crippen LogP contribution in [-0.4, -0.2) is 50.7 Å². The lowest BCUT2D eigenvalue weighted by atomic mass is 9.96. The number of pyridine rings is 1. The number of piperidine rings is 1. The molecular weight excluding hydrogens is 248 g/mol. The van der Waals surface area contributed by atoms with Gasteiger partial charge in [-0.1, -0.05) is 0 Å². The number of hydrogen-bond donors (Lipinski definition) is 1. The maximum absolute atomic E-state index is 4.68. The van der Waals surface area contributed by atoms with Crippen LogP contribution in [0.2, 0.25) is 0 Å². The number of hydrogen-bond acceptors (Lipinski definition) is 4. The lowest BCUT2D eigenvalue weighted by molar-refractivity contribution is 0.222. The molecule has 1 aliphatic heterocycles. The first-order chi connectivity index (χ1) is 9.58. The Morgan fingerprint density at radius 2 is 2.05 bits per heavy atom. The van der Waals surface area contributed by atoms with Crippen LogP contribution in [0, 0.1) is 12.8 Å². The van der Waals surface area contributed by atoms with E-state index in [1.807, 2.05) is 7.05 Å². The largest absolute Gasteiger partial charge is 0.359 e. The molecule has 1 N–H and O–H groups in total. The maximum Gasteiger partial charge on any atom is 0.128 e. The van der Waals surface area contributed by atoms with Crippen molar-refractivity contribution in [3.05, 3.63) is 23.4 Å². The van der Waals surface area contributed by atoms with E-state index in [0.29, 0.717) is 0 Å². The summed E-state index contributed by atoms with van der Waals surface area (Å²) >= 11 is 0. The summed E-state index contributed by atoms with van der Waals surface area (Å²) in [5.74, 6) is 1.90. The number of aryl methyl sites for hydroxylation is 1. The van der Waals surface area contributed by atoms with Crippen LogP contribution >= 0.6 is 0 Å². The Bertz CT molecular complexity index is 424. The summed E-state index contributed by atoms with van der Waals surface area (Å²) in [6.07, 6.45) is 2.60. The molecule has 4 heteroatoms. The summed E-state index contributed by atoms with van der Waals surface area (Å²) in [4.78, 5) is 9.43. The molecule has 1 aliphatic rings. The summed E-state index contributed by atoms with van der Waals surface area (Å²) < 4.78 is 0. The minimum Gasteiger partial charge on any atom is -0.359 e. The SMILES string of the molecule is CNCc1cc(C)nc(N(C)CC2CCN(C)CC2)c1. The molecule has 0 spiro atoms. The Kier molecular flexibility index (Phi) is 5.38. The molecule has 0 saturated carbocycles. The summed E-state index contributed by atoms with van der Waals surface area (Å²) in [5.41, 5.74) is 2.41. The molecule has 0 atom stereocenters. The number of nitrogens with zero attached hydrogens (tertiary/aromatic N) is 3. The fourth-order valence-corrected chi connectivity index (χ4v) is 2.95. The quantitative estimate of drug-likeness (QED) is 0.890. The lowest BCUT2D eigenvalue weighted by Crippen LogP contribution is -2.36. The van der Waals surface area contributed by atoms with Gasteiger partial charge in [0.2, 0.25) is 0 Å². The van der Waals surface area contributed by atoms with E-state index in [1.54, 1.807) is 0 Å². The van der Waals surface area contributed by atoms with Gasteiger partial charge in [-0.15, -0.1) is 0 Å². The Balaban J connectivity index is 1.99. The van der Waals surface area contributed by atoms with E-state index in [9.17, 15) is 0 Å². The van der Waals surface area contributed by atoms with E-state index in [1.165, 1.54) is 31.5 Å². The molecule has 4 nitrogen and oxygen atoms in total. The van der Waals surface area contributed by atoms with Crippen molar-refractivity contribution in [1.82, 2.24) is 15.2 Å². The Morgan fingerprint density at radius 1 is 1.35 bits per heavy atom. The van der Waals surface area contributed by atoms with Gasteiger partial charge in [0.25, 0.3) is 0 Å². The van der Waals surface area contributed by atoms with E-state index in [2.05, 4.69) is 53.3 Å². The second-order valence-electron chi connectivity index (χ2n) is 6.13. The zero-order valence-electron chi connectivity index (χ0n) is 13.3. The van der Waals surface area contributed by atoms with Crippen molar-refractivity contribution in [3.63, 3.8) is 0 Å². The molecule has 1 aromatic rings. The van der Waals surface area contributed by atoms with Crippen LogP contribution < -0.4 is 10.2 Å². The van der Waals surface area contributed by atoms with E-state index < -0.39 is 0 Å². The maximum atomic E-state index is 4.68. The van der Waals surface area contributed by atoms with Crippen molar-refractivity contribution >= 4 is 5.82 Å². The highest BCUT2D eigenvalue weighted by molar-refractivity contribution is 5.42. The predicted molar refractivity (Wildman–Crippen MR) is 85.2 cm³/mol. The molecule has 0 amide bonds. The van der Waals surface area contributed by atoms with E-state index >= 15 is 0 Å². The highest BCUT2D eigenvalue weighted by atomic mass is 15.2. The van der Waals surface area contributed by atoms with Gasteiger partial charge in [-0.2, -0.15) is 0 Å². The summed E-state index contributed by atoms with van der Waals surface area (Å²) in [6, 6.07) is 4.36. The summed E-state index contributed by atoms with van der Waals surface area (Å²) in [7, 11) is 6.37. The number of likely N-dealkylation sites (tertiary alicyclic amines) is 1. The van der Waals surface area contributed by atoms with Gasteiger partial charge in [0.05, 0.1) is 0 Å². The monoisotopic (exact) mass is 276 g/mol. The van der Waals surface area contributed by atoms with Crippen molar-refractivity contribution in [3.8, 4) is 0 Å². The molecule has 1 saturated heterocycles. The van der Waals surface area contributed by atoms with Gasteiger partial charge in [0.1, 0.15) is 5.82 Å². The van der Waals surface area contributed by atoms with Crippen molar-refractivity contribution < 1.29 is 0 Å². The second kappa shape index (κ2) is 7.04. The predicted octanol–water partition coefficient (Wildman–Crippen LogP) is 1.89. The molecule has 0 bridgehead atoms. The third-order valence-corrected chi connectivity index (χ3v) is 4.14. The van der Waals surface area contributed by atoms with Gasteiger partial charge in [0, 0.05) is 25.8 Å². The van der Waals surface area contributed by atoms with Crippen LogP contribution in [0.1, 0.15) is 24.1 Å². The third-order valence-electron chi connectivity index (χ3n) is 4.14. The van der Waals surface area contributed by atoms with E-state index in [-0.39, 0.29) is 0 Å². The molecule has 2 rings (SSSR count). The van der Waals surface area contributed by atoms with Crippen LogP contribution in [0.25, 0.3) is 0 Å². The standard InChI is InChI=1S/C16H28N4/c1-13-9-15(11-17-2)10-16(18-13)20(4)12-14-5-7-19(3)8-6-14/h9-10,14,17H,5-8,11-12H2,1-4H3.